The van der Waals surface area contributed by atoms with E-state index in [9.17, 15) is 4.39 Å². The third-order valence-corrected chi connectivity index (χ3v) is 5.85. The summed E-state index contributed by atoms with van der Waals surface area (Å²) in [6.07, 6.45) is 3.36. The summed E-state index contributed by atoms with van der Waals surface area (Å²) in [5.74, 6) is 1.09. The maximum absolute atomic E-state index is 14.1. The molecule has 3 atom stereocenters. The van der Waals surface area contributed by atoms with Gasteiger partial charge in [0.15, 0.2) is 17.9 Å². The molecule has 5 rings (SSSR count). The van der Waals surface area contributed by atoms with Crippen LogP contribution in [0.15, 0.2) is 34.0 Å². The highest BCUT2D eigenvalue weighted by molar-refractivity contribution is 9.10. The van der Waals surface area contributed by atoms with Gasteiger partial charge in [0.05, 0.1) is 24.5 Å². The first-order valence-corrected chi connectivity index (χ1v) is 10.5. The molecule has 4 heterocycles. The summed E-state index contributed by atoms with van der Waals surface area (Å²) in [7, 11) is 0. The van der Waals surface area contributed by atoms with Gasteiger partial charge in [-0.05, 0) is 41.9 Å². The zero-order valence-corrected chi connectivity index (χ0v) is 17.8. The molecule has 3 aromatic rings. The van der Waals surface area contributed by atoms with Crippen LogP contribution in [0.5, 0.6) is 0 Å². The molecule has 1 aromatic carbocycles. The van der Waals surface area contributed by atoms with Gasteiger partial charge in [-0.3, -0.25) is 9.91 Å². The van der Waals surface area contributed by atoms with E-state index >= 15 is 0 Å². The average Bonchev–Trinajstić information content (AvgIpc) is 3.25. The molecule has 2 aliphatic heterocycles. The van der Waals surface area contributed by atoms with Crippen molar-refractivity contribution in [2.75, 3.05) is 18.1 Å². The van der Waals surface area contributed by atoms with Crippen LogP contribution in [0.2, 0.25) is 0 Å². The van der Waals surface area contributed by atoms with E-state index in [2.05, 4.69) is 60.0 Å². The Morgan fingerprint density at radius 3 is 2.79 bits per heavy atom. The second-order valence-electron chi connectivity index (χ2n) is 7.72. The van der Waals surface area contributed by atoms with E-state index < -0.39 is 0 Å². The number of nitrogens with one attached hydrogen (secondary N) is 2. The molecule has 10 heteroatoms. The Bertz CT molecular complexity index is 1070. The van der Waals surface area contributed by atoms with Crippen molar-refractivity contribution >= 4 is 33.2 Å². The molecule has 0 radical (unpaired) electrons. The van der Waals surface area contributed by atoms with E-state index in [0.717, 1.165) is 23.5 Å². The zero-order valence-electron chi connectivity index (χ0n) is 16.2. The van der Waals surface area contributed by atoms with Crippen LogP contribution in [-0.2, 0) is 6.54 Å². The Kier molecular flexibility index (Phi) is 4.64. The molecule has 0 bridgehead atoms. The topological polar surface area (TPSA) is 77.4 Å². The summed E-state index contributed by atoms with van der Waals surface area (Å²) in [6, 6.07) is 5.67. The average molecular weight is 461 g/mol. The summed E-state index contributed by atoms with van der Waals surface area (Å²) in [5.41, 5.74) is 1.04. The number of hydrogen-bond acceptors (Lipinski definition) is 6. The molecular weight excluding hydrogens is 439 g/mol. The number of piperazine rings is 1. The van der Waals surface area contributed by atoms with Crippen molar-refractivity contribution in [3.05, 3.63) is 46.5 Å². The summed E-state index contributed by atoms with van der Waals surface area (Å²) < 4.78 is 17.0. The molecule has 2 aromatic heterocycles. The fraction of sp³-hybridized carbons (Fsp3) is 0.421. The SMILES string of the molecule is C[C@@H]1CN(C2N=Cc3ncc(Br)n3N2Cc2nc3c(F)cccc3[nH]2)C[C@H](C)N1. The Morgan fingerprint density at radius 2 is 2.03 bits per heavy atom. The molecule has 2 aliphatic rings. The number of para-hydroxylation sites is 1. The van der Waals surface area contributed by atoms with Crippen molar-refractivity contribution in [3.8, 4) is 0 Å². The number of aromatic nitrogens is 4. The summed E-state index contributed by atoms with van der Waals surface area (Å²) in [6.45, 7) is 6.55. The van der Waals surface area contributed by atoms with Gasteiger partial charge in [-0.25, -0.2) is 24.0 Å². The van der Waals surface area contributed by atoms with E-state index in [-0.39, 0.29) is 12.1 Å². The van der Waals surface area contributed by atoms with Gasteiger partial charge < -0.3 is 10.3 Å². The van der Waals surface area contributed by atoms with Crippen molar-refractivity contribution in [2.45, 2.75) is 38.8 Å². The fourth-order valence-electron chi connectivity index (χ4n) is 4.26. The lowest BCUT2D eigenvalue weighted by atomic mass is 10.1. The van der Waals surface area contributed by atoms with Crippen LogP contribution in [0.3, 0.4) is 0 Å². The third kappa shape index (κ3) is 3.34. The standard InChI is InChI=1S/C19H22BrFN8/c1-11-8-27(9-12(2)24-11)19-23-7-17-22-6-15(20)29(17)28(19)10-16-25-14-5-3-4-13(21)18(14)26-16/h3-7,11-12,19,24H,8-10H2,1-2H3,(H,25,26)/t11-,12+,19?. The lowest BCUT2D eigenvalue weighted by molar-refractivity contribution is 0.106. The molecule has 152 valence electrons. The molecule has 0 amide bonds. The highest BCUT2D eigenvalue weighted by atomic mass is 79.9. The van der Waals surface area contributed by atoms with Crippen LogP contribution in [0.4, 0.5) is 4.39 Å². The van der Waals surface area contributed by atoms with Gasteiger partial charge in [0, 0.05) is 25.2 Å². The number of rotatable bonds is 3. The minimum Gasteiger partial charge on any atom is -0.340 e. The second kappa shape index (κ2) is 7.19. The van der Waals surface area contributed by atoms with E-state index in [0.29, 0.717) is 35.5 Å². The molecule has 1 unspecified atom stereocenters. The number of benzene rings is 1. The van der Waals surface area contributed by atoms with Crippen LogP contribution in [-0.4, -0.2) is 62.2 Å². The second-order valence-corrected chi connectivity index (χ2v) is 8.53. The van der Waals surface area contributed by atoms with Crippen LogP contribution in [0.25, 0.3) is 11.0 Å². The van der Waals surface area contributed by atoms with Crippen LogP contribution in [0, 0.1) is 5.82 Å². The molecule has 29 heavy (non-hydrogen) atoms. The third-order valence-electron chi connectivity index (χ3n) is 5.31. The molecule has 1 saturated heterocycles. The minimum atomic E-state index is -0.326. The normalized spacial score (nSPS) is 25.0. The number of H-pyrrole nitrogens is 1. The van der Waals surface area contributed by atoms with Gasteiger partial charge in [-0.15, -0.1) is 0 Å². The predicted octanol–water partition coefficient (Wildman–Crippen LogP) is 2.20. The Hall–Kier alpha value is -2.30. The smallest absolute Gasteiger partial charge is 0.192 e. The van der Waals surface area contributed by atoms with Crippen LogP contribution >= 0.6 is 15.9 Å². The summed E-state index contributed by atoms with van der Waals surface area (Å²) in [5, 5.41) is 5.67. The van der Waals surface area contributed by atoms with E-state index in [1.165, 1.54) is 6.07 Å². The molecule has 8 nitrogen and oxygen atoms in total. The first-order chi connectivity index (χ1) is 14.0. The Balaban J connectivity index is 1.52. The van der Waals surface area contributed by atoms with Crippen molar-refractivity contribution in [3.63, 3.8) is 0 Å². The highest BCUT2D eigenvalue weighted by Gasteiger charge is 2.34. The van der Waals surface area contributed by atoms with Gasteiger partial charge in [0.2, 0.25) is 0 Å². The first-order valence-electron chi connectivity index (χ1n) is 9.66. The maximum Gasteiger partial charge on any atom is 0.192 e. The quantitative estimate of drug-likeness (QED) is 0.626. The van der Waals surface area contributed by atoms with E-state index in [1.807, 2.05) is 17.0 Å². The number of aromatic amines is 1. The fourth-order valence-corrected chi connectivity index (χ4v) is 4.75. The number of hydrogen-bond donors (Lipinski definition) is 2. The highest BCUT2D eigenvalue weighted by Crippen LogP contribution is 2.24. The maximum atomic E-state index is 14.1. The molecule has 0 aliphatic carbocycles. The number of halogens is 2. The van der Waals surface area contributed by atoms with Gasteiger partial charge >= 0.3 is 0 Å². The Labute approximate surface area is 175 Å². The number of fused-ring (bicyclic) bond motifs is 2. The van der Waals surface area contributed by atoms with Crippen molar-refractivity contribution in [2.24, 2.45) is 4.99 Å². The van der Waals surface area contributed by atoms with Gasteiger partial charge in [-0.1, -0.05) is 6.07 Å². The minimum absolute atomic E-state index is 0.210. The van der Waals surface area contributed by atoms with Crippen molar-refractivity contribution in [1.29, 1.82) is 0 Å². The molecule has 1 fully saturated rings. The summed E-state index contributed by atoms with van der Waals surface area (Å²) >= 11 is 3.60. The largest absolute Gasteiger partial charge is 0.340 e. The van der Waals surface area contributed by atoms with Gasteiger partial charge in [-0.2, -0.15) is 0 Å². The van der Waals surface area contributed by atoms with Crippen LogP contribution in [0.1, 0.15) is 25.5 Å². The molecule has 0 spiro atoms. The monoisotopic (exact) mass is 460 g/mol. The number of imidazole rings is 2. The van der Waals surface area contributed by atoms with Crippen LogP contribution < -0.4 is 10.3 Å². The first kappa shape index (κ1) is 18.7. The summed E-state index contributed by atoms with van der Waals surface area (Å²) in [4.78, 5) is 19.3. The number of nitrogens with zero attached hydrogens (tertiary/aromatic N) is 6. The lowest BCUT2D eigenvalue weighted by Gasteiger charge is -2.45. The van der Waals surface area contributed by atoms with E-state index in [1.54, 1.807) is 12.3 Å². The molecule has 2 N–H and O–H groups in total. The van der Waals surface area contributed by atoms with Crippen molar-refractivity contribution in [1.82, 2.24) is 29.8 Å². The van der Waals surface area contributed by atoms with Gasteiger partial charge in [0.1, 0.15) is 15.9 Å². The zero-order chi connectivity index (χ0) is 20.1. The van der Waals surface area contributed by atoms with E-state index in [4.69, 9.17) is 4.99 Å². The predicted molar refractivity (Wildman–Crippen MR) is 113 cm³/mol. The lowest BCUT2D eigenvalue weighted by Crippen LogP contribution is -2.63. The Morgan fingerprint density at radius 1 is 1.24 bits per heavy atom. The van der Waals surface area contributed by atoms with Gasteiger partial charge in [0.25, 0.3) is 0 Å². The molecular formula is C19H22BrFN8. The number of aliphatic imine (C=N–C) groups is 1. The molecule has 0 saturated carbocycles. The van der Waals surface area contributed by atoms with Crippen molar-refractivity contribution < 1.29 is 4.39 Å².